The Kier molecular flexibility index (Phi) is 3.87. The third kappa shape index (κ3) is 2.34. The second kappa shape index (κ2) is 5.40. The predicted octanol–water partition coefficient (Wildman–Crippen LogP) is 2.58. The summed E-state index contributed by atoms with van der Waals surface area (Å²) in [6, 6.07) is 3.45. The molecular formula is C14H19FN2O. The highest BCUT2D eigenvalue weighted by Gasteiger charge is 2.13. The van der Waals surface area contributed by atoms with Gasteiger partial charge in [0.05, 0.1) is 12.6 Å². The highest BCUT2D eigenvalue weighted by molar-refractivity contribution is 5.66. The van der Waals surface area contributed by atoms with Crippen LogP contribution >= 0.6 is 0 Å². The summed E-state index contributed by atoms with van der Waals surface area (Å²) in [5.41, 5.74) is 1.95. The van der Waals surface area contributed by atoms with Crippen LogP contribution in [0.1, 0.15) is 12.5 Å². The zero-order valence-corrected chi connectivity index (χ0v) is 11.1. The van der Waals surface area contributed by atoms with E-state index in [1.807, 2.05) is 16.7 Å². The van der Waals surface area contributed by atoms with E-state index in [1.54, 1.807) is 6.20 Å². The van der Waals surface area contributed by atoms with Crippen LogP contribution in [0.15, 0.2) is 24.5 Å². The molecule has 0 aromatic carbocycles. The standard InChI is InChI=1S/C14H19FN2O/c1-4-16(2)8-5-11-6-9-17-10-7-12(15)14(18-3)13(11)17/h6-7,9-10H,4-5,8H2,1-3H3. The predicted molar refractivity (Wildman–Crippen MR) is 70.8 cm³/mol. The van der Waals surface area contributed by atoms with E-state index >= 15 is 0 Å². The van der Waals surface area contributed by atoms with Crippen molar-refractivity contribution in [3.8, 4) is 5.75 Å². The van der Waals surface area contributed by atoms with Crippen molar-refractivity contribution in [2.24, 2.45) is 0 Å². The van der Waals surface area contributed by atoms with Crippen molar-refractivity contribution in [1.82, 2.24) is 9.30 Å². The van der Waals surface area contributed by atoms with Gasteiger partial charge in [-0.3, -0.25) is 0 Å². The Bertz CT molecular complexity index is 536. The van der Waals surface area contributed by atoms with Crippen molar-refractivity contribution in [2.45, 2.75) is 13.3 Å². The van der Waals surface area contributed by atoms with Gasteiger partial charge in [-0.2, -0.15) is 0 Å². The van der Waals surface area contributed by atoms with E-state index in [-0.39, 0.29) is 5.82 Å². The number of methoxy groups -OCH3 is 1. The number of fused-ring (bicyclic) bond motifs is 1. The maximum atomic E-state index is 13.7. The molecule has 98 valence electrons. The molecule has 0 atom stereocenters. The number of hydrogen-bond donors (Lipinski definition) is 0. The number of rotatable bonds is 5. The number of aromatic nitrogens is 1. The molecule has 2 aromatic heterocycles. The lowest BCUT2D eigenvalue weighted by Crippen LogP contribution is -2.20. The lowest BCUT2D eigenvalue weighted by atomic mass is 10.1. The van der Waals surface area contributed by atoms with Gasteiger partial charge in [0.25, 0.3) is 0 Å². The summed E-state index contributed by atoms with van der Waals surface area (Å²) in [5, 5.41) is 0. The summed E-state index contributed by atoms with van der Waals surface area (Å²) in [6.07, 6.45) is 4.56. The largest absolute Gasteiger partial charge is 0.492 e. The highest BCUT2D eigenvalue weighted by Crippen LogP contribution is 2.27. The zero-order valence-electron chi connectivity index (χ0n) is 11.1. The van der Waals surface area contributed by atoms with Gasteiger partial charge in [0.2, 0.25) is 0 Å². The maximum Gasteiger partial charge on any atom is 0.178 e. The normalized spacial score (nSPS) is 11.4. The number of hydrogen-bond acceptors (Lipinski definition) is 2. The summed E-state index contributed by atoms with van der Waals surface area (Å²) in [6.45, 7) is 4.09. The Balaban J connectivity index is 2.36. The third-order valence-electron chi connectivity index (χ3n) is 3.32. The molecule has 0 aliphatic carbocycles. The van der Waals surface area contributed by atoms with Crippen LogP contribution in [0.3, 0.4) is 0 Å². The Morgan fingerprint density at radius 3 is 2.72 bits per heavy atom. The first-order chi connectivity index (χ1) is 8.67. The molecule has 4 heteroatoms. The Labute approximate surface area is 107 Å². The van der Waals surface area contributed by atoms with Gasteiger partial charge in [0.1, 0.15) is 0 Å². The van der Waals surface area contributed by atoms with Crippen LogP contribution in [0, 0.1) is 5.82 Å². The van der Waals surface area contributed by atoms with Gasteiger partial charge in [0, 0.05) is 18.9 Å². The minimum Gasteiger partial charge on any atom is -0.492 e. The molecule has 18 heavy (non-hydrogen) atoms. The summed E-state index contributed by atoms with van der Waals surface area (Å²) >= 11 is 0. The smallest absolute Gasteiger partial charge is 0.178 e. The Hall–Kier alpha value is -1.55. The fourth-order valence-electron chi connectivity index (χ4n) is 2.08. The zero-order chi connectivity index (χ0) is 13.1. The van der Waals surface area contributed by atoms with Crippen LogP contribution in [0.25, 0.3) is 5.52 Å². The number of nitrogens with zero attached hydrogens (tertiary/aromatic N) is 2. The van der Waals surface area contributed by atoms with E-state index in [0.717, 1.165) is 30.6 Å². The molecule has 0 amide bonds. The quantitative estimate of drug-likeness (QED) is 0.811. The topological polar surface area (TPSA) is 16.9 Å². The molecule has 2 heterocycles. The van der Waals surface area contributed by atoms with Gasteiger partial charge in [-0.1, -0.05) is 6.92 Å². The molecule has 0 saturated carbocycles. The first kappa shape index (κ1) is 12.9. The molecule has 0 spiro atoms. The van der Waals surface area contributed by atoms with Gasteiger partial charge in [0.15, 0.2) is 11.6 Å². The molecule has 2 aromatic rings. The van der Waals surface area contributed by atoms with Crippen LogP contribution in [0.4, 0.5) is 4.39 Å². The fourth-order valence-corrected chi connectivity index (χ4v) is 2.08. The minimum atomic E-state index is -0.311. The van der Waals surface area contributed by atoms with E-state index < -0.39 is 0 Å². The molecule has 0 saturated heterocycles. The molecule has 2 rings (SSSR count). The summed E-state index contributed by atoms with van der Waals surface area (Å²) in [5.74, 6) is 0.0189. The molecular weight excluding hydrogens is 231 g/mol. The van der Waals surface area contributed by atoms with Crippen LogP contribution in [0.5, 0.6) is 5.75 Å². The summed E-state index contributed by atoms with van der Waals surface area (Å²) in [4.78, 5) is 2.23. The maximum absolute atomic E-state index is 13.7. The van der Waals surface area contributed by atoms with Crippen molar-refractivity contribution in [2.75, 3.05) is 27.2 Å². The van der Waals surface area contributed by atoms with E-state index in [2.05, 4.69) is 18.9 Å². The molecule has 3 nitrogen and oxygen atoms in total. The van der Waals surface area contributed by atoms with Gasteiger partial charge < -0.3 is 14.0 Å². The second-order valence-corrected chi connectivity index (χ2v) is 4.44. The van der Waals surface area contributed by atoms with E-state index in [9.17, 15) is 4.39 Å². The molecule has 0 aliphatic heterocycles. The number of pyridine rings is 1. The Morgan fingerprint density at radius 1 is 1.33 bits per heavy atom. The summed E-state index contributed by atoms with van der Waals surface area (Å²) in [7, 11) is 3.59. The average Bonchev–Trinajstić information content (AvgIpc) is 2.79. The van der Waals surface area contributed by atoms with Crippen LogP contribution in [0.2, 0.25) is 0 Å². The lowest BCUT2D eigenvalue weighted by Gasteiger charge is -2.13. The van der Waals surface area contributed by atoms with Crippen LogP contribution in [-0.4, -0.2) is 36.5 Å². The molecule has 0 aliphatic rings. The first-order valence-electron chi connectivity index (χ1n) is 6.18. The van der Waals surface area contributed by atoms with Crippen molar-refractivity contribution in [1.29, 1.82) is 0 Å². The SMILES string of the molecule is CCN(C)CCc1ccn2ccc(F)c(OC)c12. The highest BCUT2D eigenvalue weighted by atomic mass is 19.1. The minimum absolute atomic E-state index is 0.311. The fraction of sp³-hybridized carbons (Fsp3) is 0.429. The molecule has 0 radical (unpaired) electrons. The number of halogens is 1. The van der Waals surface area contributed by atoms with Crippen LogP contribution in [-0.2, 0) is 6.42 Å². The number of ether oxygens (including phenoxy) is 1. The van der Waals surface area contributed by atoms with E-state index in [0.29, 0.717) is 5.75 Å². The Morgan fingerprint density at radius 2 is 2.06 bits per heavy atom. The van der Waals surface area contributed by atoms with Crippen molar-refractivity contribution in [3.63, 3.8) is 0 Å². The van der Waals surface area contributed by atoms with E-state index in [4.69, 9.17) is 4.74 Å². The van der Waals surface area contributed by atoms with Crippen molar-refractivity contribution >= 4 is 5.52 Å². The third-order valence-corrected chi connectivity index (χ3v) is 3.32. The molecule has 0 N–H and O–H groups in total. The van der Waals surface area contributed by atoms with Gasteiger partial charge in [-0.25, -0.2) is 4.39 Å². The van der Waals surface area contributed by atoms with E-state index in [1.165, 1.54) is 13.2 Å². The summed E-state index contributed by atoms with van der Waals surface area (Å²) < 4.78 is 20.8. The lowest BCUT2D eigenvalue weighted by molar-refractivity contribution is 0.357. The first-order valence-corrected chi connectivity index (χ1v) is 6.18. The molecule has 0 unspecified atom stereocenters. The van der Waals surface area contributed by atoms with Gasteiger partial charge in [-0.05, 0) is 37.7 Å². The van der Waals surface area contributed by atoms with Gasteiger partial charge in [-0.15, -0.1) is 0 Å². The van der Waals surface area contributed by atoms with Crippen molar-refractivity contribution in [3.05, 3.63) is 35.9 Å². The average molecular weight is 250 g/mol. The van der Waals surface area contributed by atoms with Crippen LogP contribution < -0.4 is 4.74 Å². The van der Waals surface area contributed by atoms with Gasteiger partial charge >= 0.3 is 0 Å². The molecule has 0 fully saturated rings. The molecule has 0 bridgehead atoms. The monoisotopic (exact) mass is 250 g/mol. The van der Waals surface area contributed by atoms with Crippen molar-refractivity contribution < 1.29 is 9.13 Å². The number of likely N-dealkylation sites (N-methyl/N-ethyl adjacent to an activating group) is 1. The second-order valence-electron chi connectivity index (χ2n) is 4.44.